The molecule has 1 aromatic rings. The molecule has 0 saturated carbocycles. The maximum atomic E-state index is 11.7. The van der Waals surface area contributed by atoms with Gasteiger partial charge in [-0.2, -0.15) is 0 Å². The predicted octanol–water partition coefficient (Wildman–Crippen LogP) is 3.32. The smallest absolute Gasteiger partial charge is 0.230 e. The summed E-state index contributed by atoms with van der Waals surface area (Å²) in [7, 11) is 0. The first-order valence-corrected chi connectivity index (χ1v) is 7.36. The fourth-order valence-corrected chi connectivity index (χ4v) is 2.65. The molecule has 0 aliphatic heterocycles. The Kier molecular flexibility index (Phi) is 6.36. The highest BCUT2D eigenvalue weighted by Crippen LogP contribution is 2.27. The number of carbonyl (C=O) groups is 1. The Balaban J connectivity index is 2.45. The van der Waals surface area contributed by atoms with Crippen LogP contribution < -0.4 is 11.1 Å². The van der Waals surface area contributed by atoms with Crippen LogP contribution in [0.4, 0.5) is 5.69 Å². The topological polar surface area (TPSA) is 55.1 Å². The lowest BCUT2D eigenvalue weighted by molar-refractivity contribution is -0.119. The van der Waals surface area contributed by atoms with Gasteiger partial charge in [-0.1, -0.05) is 24.9 Å². The Morgan fingerprint density at radius 1 is 1.56 bits per heavy atom. The minimum Gasteiger partial charge on any atom is -0.398 e. The van der Waals surface area contributed by atoms with Crippen molar-refractivity contribution in [3.05, 3.63) is 23.2 Å². The lowest BCUT2D eigenvalue weighted by Crippen LogP contribution is -2.33. The van der Waals surface area contributed by atoms with Crippen LogP contribution in [-0.4, -0.2) is 17.7 Å². The van der Waals surface area contributed by atoms with Crippen LogP contribution in [0.15, 0.2) is 23.1 Å². The van der Waals surface area contributed by atoms with Crippen LogP contribution in [0.1, 0.15) is 26.7 Å². The number of anilines is 1. The molecule has 1 unspecified atom stereocenters. The van der Waals surface area contributed by atoms with Gasteiger partial charge in [-0.05, 0) is 31.5 Å². The first-order chi connectivity index (χ1) is 8.52. The molecule has 0 aliphatic carbocycles. The Hall–Kier alpha value is -0.870. The summed E-state index contributed by atoms with van der Waals surface area (Å²) in [5.74, 6) is 0.388. The van der Waals surface area contributed by atoms with Gasteiger partial charge in [0.25, 0.3) is 0 Å². The Bertz CT molecular complexity index is 412. The van der Waals surface area contributed by atoms with Crippen molar-refractivity contribution in [2.24, 2.45) is 0 Å². The third-order valence-corrected chi connectivity index (χ3v) is 3.77. The van der Waals surface area contributed by atoms with Gasteiger partial charge >= 0.3 is 0 Å². The number of nitrogens with two attached hydrogens (primary N) is 1. The standard InChI is InChI=1S/C13H19ClN2OS/c1-3-4-9(2)16-13(17)8-18-12-7-10(14)5-6-11(12)15/h5-7,9H,3-4,8,15H2,1-2H3,(H,16,17). The quantitative estimate of drug-likeness (QED) is 0.623. The molecule has 0 radical (unpaired) electrons. The molecular formula is C13H19ClN2OS. The first-order valence-electron chi connectivity index (χ1n) is 6.00. The molecule has 0 fully saturated rings. The zero-order chi connectivity index (χ0) is 13.5. The highest BCUT2D eigenvalue weighted by molar-refractivity contribution is 8.00. The fourth-order valence-electron chi connectivity index (χ4n) is 1.60. The third kappa shape index (κ3) is 5.19. The van der Waals surface area contributed by atoms with Gasteiger partial charge in [-0.25, -0.2) is 0 Å². The van der Waals surface area contributed by atoms with Gasteiger partial charge in [0.15, 0.2) is 0 Å². The van der Waals surface area contributed by atoms with E-state index in [0.717, 1.165) is 17.7 Å². The van der Waals surface area contributed by atoms with E-state index in [-0.39, 0.29) is 11.9 Å². The molecule has 0 bridgehead atoms. The maximum absolute atomic E-state index is 11.7. The zero-order valence-corrected chi connectivity index (χ0v) is 12.3. The van der Waals surface area contributed by atoms with Crippen molar-refractivity contribution in [3.63, 3.8) is 0 Å². The van der Waals surface area contributed by atoms with Crippen molar-refractivity contribution >= 4 is 35.0 Å². The van der Waals surface area contributed by atoms with E-state index in [0.29, 0.717) is 16.5 Å². The Labute approximate surface area is 117 Å². The minimum atomic E-state index is 0.0281. The first kappa shape index (κ1) is 15.2. The minimum absolute atomic E-state index is 0.0281. The van der Waals surface area contributed by atoms with E-state index in [2.05, 4.69) is 12.2 Å². The summed E-state index contributed by atoms with van der Waals surface area (Å²) >= 11 is 7.30. The van der Waals surface area contributed by atoms with E-state index in [9.17, 15) is 4.79 Å². The highest BCUT2D eigenvalue weighted by atomic mass is 35.5. The van der Waals surface area contributed by atoms with E-state index < -0.39 is 0 Å². The Morgan fingerprint density at radius 2 is 2.28 bits per heavy atom. The summed E-state index contributed by atoms with van der Waals surface area (Å²) in [6.45, 7) is 4.11. The molecular weight excluding hydrogens is 268 g/mol. The molecule has 1 atom stereocenters. The molecule has 0 spiro atoms. The molecule has 0 aromatic heterocycles. The lowest BCUT2D eigenvalue weighted by atomic mass is 10.2. The number of halogens is 1. The van der Waals surface area contributed by atoms with E-state index in [1.807, 2.05) is 6.92 Å². The molecule has 1 rings (SSSR count). The normalized spacial score (nSPS) is 12.2. The number of amides is 1. The summed E-state index contributed by atoms with van der Waals surface area (Å²) in [4.78, 5) is 12.5. The average molecular weight is 287 g/mol. The highest BCUT2D eigenvalue weighted by Gasteiger charge is 2.08. The number of benzene rings is 1. The van der Waals surface area contributed by atoms with Crippen LogP contribution in [0.25, 0.3) is 0 Å². The number of nitrogen functional groups attached to an aromatic ring is 1. The molecule has 3 nitrogen and oxygen atoms in total. The van der Waals surface area contributed by atoms with Crippen molar-refractivity contribution in [2.45, 2.75) is 37.6 Å². The Morgan fingerprint density at radius 3 is 2.94 bits per heavy atom. The van der Waals surface area contributed by atoms with E-state index in [4.69, 9.17) is 17.3 Å². The number of carbonyl (C=O) groups excluding carboxylic acids is 1. The van der Waals surface area contributed by atoms with Gasteiger partial charge in [-0.15, -0.1) is 11.8 Å². The second-order valence-corrected chi connectivity index (χ2v) is 5.68. The predicted molar refractivity (Wildman–Crippen MR) is 79.1 cm³/mol. The maximum Gasteiger partial charge on any atom is 0.230 e. The number of nitrogens with one attached hydrogen (secondary N) is 1. The molecule has 0 saturated heterocycles. The van der Waals surface area contributed by atoms with Crippen molar-refractivity contribution in [1.29, 1.82) is 0 Å². The zero-order valence-electron chi connectivity index (χ0n) is 10.7. The summed E-state index contributed by atoms with van der Waals surface area (Å²) < 4.78 is 0. The van der Waals surface area contributed by atoms with Gasteiger partial charge in [-0.3, -0.25) is 4.79 Å². The molecule has 3 N–H and O–H groups in total. The van der Waals surface area contributed by atoms with Crippen molar-refractivity contribution < 1.29 is 4.79 Å². The van der Waals surface area contributed by atoms with Crippen molar-refractivity contribution in [3.8, 4) is 0 Å². The number of rotatable bonds is 6. The summed E-state index contributed by atoms with van der Waals surface area (Å²) in [5.41, 5.74) is 6.47. The molecule has 0 aliphatic rings. The van der Waals surface area contributed by atoms with Crippen LogP contribution >= 0.6 is 23.4 Å². The van der Waals surface area contributed by atoms with Crippen LogP contribution in [0.3, 0.4) is 0 Å². The average Bonchev–Trinajstić information content (AvgIpc) is 2.30. The SMILES string of the molecule is CCCC(C)NC(=O)CSc1cc(Cl)ccc1N. The largest absolute Gasteiger partial charge is 0.398 e. The summed E-state index contributed by atoms with van der Waals surface area (Å²) in [5, 5.41) is 3.58. The van der Waals surface area contributed by atoms with Crippen LogP contribution in [-0.2, 0) is 4.79 Å². The van der Waals surface area contributed by atoms with Crippen LogP contribution in [0.2, 0.25) is 5.02 Å². The second kappa shape index (κ2) is 7.54. The van der Waals surface area contributed by atoms with E-state index >= 15 is 0 Å². The molecule has 5 heteroatoms. The summed E-state index contributed by atoms with van der Waals surface area (Å²) in [6.07, 6.45) is 2.06. The third-order valence-electron chi connectivity index (χ3n) is 2.46. The van der Waals surface area contributed by atoms with E-state index in [1.165, 1.54) is 11.8 Å². The number of hydrogen-bond donors (Lipinski definition) is 2. The van der Waals surface area contributed by atoms with Gasteiger partial charge in [0.1, 0.15) is 0 Å². The van der Waals surface area contributed by atoms with Crippen LogP contribution in [0.5, 0.6) is 0 Å². The summed E-state index contributed by atoms with van der Waals surface area (Å²) in [6, 6.07) is 5.50. The number of thioether (sulfide) groups is 1. The van der Waals surface area contributed by atoms with Gasteiger partial charge in [0.05, 0.1) is 5.75 Å². The second-order valence-electron chi connectivity index (χ2n) is 4.23. The molecule has 100 valence electrons. The fraction of sp³-hybridized carbons (Fsp3) is 0.462. The van der Waals surface area contributed by atoms with Gasteiger partial charge < -0.3 is 11.1 Å². The van der Waals surface area contributed by atoms with Crippen molar-refractivity contribution in [1.82, 2.24) is 5.32 Å². The number of hydrogen-bond acceptors (Lipinski definition) is 3. The van der Waals surface area contributed by atoms with Crippen LogP contribution in [0, 0.1) is 0 Å². The molecule has 1 amide bonds. The molecule has 0 heterocycles. The van der Waals surface area contributed by atoms with Gasteiger partial charge in [0, 0.05) is 21.6 Å². The van der Waals surface area contributed by atoms with Crippen molar-refractivity contribution in [2.75, 3.05) is 11.5 Å². The van der Waals surface area contributed by atoms with E-state index in [1.54, 1.807) is 18.2 Å². The lowest BCUT2D eigenvalue weighted by Gasteiger charge is -2.12. The molecule has 18 heavy (non-hydrogen) atoms. The monoisotopic (exact) mass is 286 g/mol. The molecule has 1 aromatic carbocycles. The van der Waals surface area contributed by atoms with Gasteiger partial charge in [0.2, 0.25) is 5.91 Å².